The van der Waals surface area contributed by atoms with Crippen molar-refractivity contribution < 1.29 is 14.8 Å². The fraction of sp³-hybridized carbons (Fsp3) is 0.950. The van der Waals surface area contributed by atoms with Crippen LogP contribution < -0.4 is 5.32 Å². The number of hydrogen-bond donors (Lipinski definition) is 3. The molecule has 1 unspecified atom stereocenters. The highest BCUT2D eigenvalue weighted by Crippen LogP contribution is 2.13. The van der Waals surface area contributed by atoms with Gasteiger partial charge in [-0.05, 0) is 13.3 Å². The molecule has 0 aromatic carbocycles. The molecule has 0 bridgehead atoms. The minimum Gasteiger partial charge on any atom is -0.426 e. The molecule has 0 radical (unpaired) electrons. The molecule has 1 atom stereocenters. The van der Waals surface area contributed by atoms with Crippen LogP contribution in [0.4, 0.5) is 0 Å². The van der Waals surface area contributed by atoms with Crippen molar-refractivity contribution in [3.05, 3.63) is 0 Å². The van der Waals surface area contributed by atoms with Gasteiger partial charge in [0.05, 0.1) is 5.94 Å². The molecule has 5 heteroatoms. The number of carbonyl (C=O) groups excluding carboxylic acids is 1. The van der Waals surface area contributed by atoms with E-state index in [-0.39, 0.29) is 5.91 Å². The van der Waals surface area contributed by atoms with Crippen molar-refractivity contribution in [3.63, 3.8) is 0 Å². The lowest BCUT2D eigenvalue weighted by atomic mass is 9.81. The molecule has 0 aliphatic carbocycles. The molecule has 0 aliphatic heterocycles. The maximum absolute atomic E-state index is 11.6. The van der Waals surface area contributed by atoms with Gasteiger partial charge in [-0.25, -0.2) is 0 Å². The molecule has 4 nitrogen and oxygen atoms in total. The van der Waals surface area contributed by atoms with Crippen LogP contribution in [0.25, 0.3) is 0 Å². The number of carbonyl (C=O) groups is 1. The van der Waals surface area contributed by atoms with Crippen molar-refractivity contribution >= 4 is 13.0 Å². The first-order valence-electron chi connectivity index (χ1n) is 10.7. The highest BCUT2D eigenvalue weighted by atomic mass is 16.4. The predicted molar refractivity (Wildman–Crippen MR) is 107 cm³/mol. The third-order valence-electron chi connectivity index (χ3n) is 4.84. The zero-order valence-electron chi connectivity index (χ0n) is 16.8. The van der Waals surface area contributed by atoms with Gasteiger partial charge in [0.2, 0.25) is 5.91 Å². The summed E-state index contributed by atoms with van der Waals surface area (Å²) in [6.07, 6.45) is 20.2. The van der Waals surface area contributed by atoms with Crippen LogP contribution in [-0.4, -0.2) is 29.0 Å². The van der Waals surface area contributed by atoms with E-state index < -0.39 is 13.1 Å². The Hall–Kier alpha value is -0.545. The van der Waals surface area contributed by atoms with Crippen molar-refractivity contribution in [2.45, 2.75) is 123 Å². The van der Waals surface area contributed by atoms with E-state index in [0.717, 1.165) is 12.8 Å². The fourth-order valence-electron chi connectivity index (χ4n) is 3.06. The predicted octanol–water partition coefficient (Wildman–Crippen LogP) is 4.76. The Bertz CT molecular complexity index is 301. The minimum absolute atomic E-state index is 0.0877. The van der Waals surface area contributed by atoms with E-state index in [1.54, 1.807) is 6.92 Å². The molecule has 0 rings (SSSR count). The van der Waals surface area contributed by atoms with Crippen LogP contribution >= 0.6 is 0 Å². The molecule has 0 heterocycles. The fourth-order valence-corrected chi connectivity index (χ4v) is 3.06. The summed E-state index contributed by atoms with van der Waals surface area (Å²) in [6, 6.07) is 0. The molecular weight excluding hydrogens is 313 g/mol. The Kier molecular flexibility index (Phi) is 17.9. The molecule has 1 amide bonds. The Morgan fingerprint density at radius 2 is 1.12 bits per heavy atom. The molecule has 0 aromatic rings. The van der Waals surface area contributed by atoms with Gasteiger partial charge in [0.25, 0.3) is 0 Å². The van der Waals surface area contributed by atoms with Crippen molar-refractivity contribution in [3.8, 4) is 0 Å². The van der Waals surface area contributed by atoms with Gasteiger partial charge in [-0.15, -0.1) is 0 Å². The summed E-state index contributed by atoms with van der Waals surface area (Å²) in [5.74, 6) is -0.681. The lowest BCUT2D eigenvalue weighted by Gasteiger charge is -2.12. The zero-order chi connectivity index (χ0) is 18.8. The smallest absolute Gasteiger partial charge is 0.426 e. The number of amides is 1. The van der Waals surface area contributed by atoms with Gasteiger partial charge in [0.15, 0.2) is 0 Å². The molecule has 0 spiro atoms. The molecule has 3 N–H and O–H groups in total. The van der Waals surface area contributed by atoms with E-state index in [2.05, 4.69) is 12.2 Å². The number of rotatable bonds is 18. The quantitative estimate of drug-likeness (QED) is 0.245. The third-order valence-corrected chi connectivity index (χ3v) is 4.84. The summed E-state index contributed by atoms with van der Waals surface area (Å²) in [4.78, 5) is 11.6. The summed E-state index contributed by atoms with van der Waals surface area (Å²) in [5.41, 5.74) is 0. The highest BCUT2D eigenvalue weighted by Gasteiger charge is 2.19. The van der Waals surface area contributed by atoms with E-state index in [1.807, 2.05) is 0 Å². The van der Waals surface area contributed by atoms with Crippen molar-refractivity contribution in [1.82, 2.24) is 5.32 Å². The highest BCUT2D eigenvalue weighted by molar-refractivity contribution is 6.43. The largest absolute Gasteiger partial charge is 0.475 e. The van der Waals surface area contributed by atoms with Crippen LogP contribution in [-0.2, 0) is 4.79 Å². The van der Waals surface area contributed by atoms with Crippen molar-refractivity contribution in [2.75, 3.05) is 0 Å². The van der Waals surface area contributed by atoms with Gasteiger partial charge >= 0.3 is 7.12 Å². The van der Waals surface area contributed by atoms with Gasteiger partial charge in [-0.1, -0.05) is 96.8 Å². The first kappa shape index (κ1) is 24.5. The second-order valence-electron chi connectivity index (χ2n) is 7.47. The summed E-state index contributed by atoms with van der Waals surface area (Å²) in [6.45, 7) is 3.86. The van der Waals surface area contributed by atoms with Gasteiger partial charge in [0.1, 0.15) is 0 Å². The monoisotopic (exact) mass is 355 g/mol. The normalized spacial score (nSPS) is 12.2. The molecule has 0 saturated heterocycles. The summed E-state index contributed by atoms with van der Waals surface area (Å²) < 4.78 is 0. The Labute approximate surface area is 156 Å². The standard InChI is InChI=1S/C20H42BNO3/c1-3-4-5-6-7-8-9-10-11-12-13-14-15-16-17-18-20(23)22-19(2)21(24)25/h19,24-25H,3-18H2,1-2H3,(H,22,23). The van der Waals surface area contributed by atoms with E-state index in [9.17, 15) is 4.79 Å². The number of unbranched alkanes of at least 4 members (excludes halogenated alkanes) is 14. The SMILES string of the molecule is CCCCCCCCCCCCCCCCCC(=O)NC(C)B(O)O. The molecule has 0 saturated carbocycles. The Balaban J connectivity index is 3.17. The van der Waals surface area contributed by atoms with Gasteiger partial charge < -0.3 is 15.4 Å². The van der Waals surface area contributed by atoms with E-state index in [1.165, 1.54) is 83.5 Å². The molecular formula is C20H42BNO3. The Morgan fingerprint density at radius 1 is 0.760 bits per heavy atom. The maximum atomic E-state index is 11.6. The Morgan fingerprint density at radius 3 is 1.48 bits per heavy atom. The lowest BCUT2D eigenvalue weighted by molar-refractivity contribution is -0.121. The van der Waals surface area contributed by atoms with E-state index in [0.29, 0.717) is 6.42 Å². The van der Waals surface area contributed by atoms with Crippen LogP contribution in [0.2, 0.25) is 0 Å². The third kappa shape index (κ3) is 18.1. The van der Waals surface area contributed by atoms with Gasteiger partial charge in [0, 0.05) is 6.42 Å². The van der Waals surface area contributed by atoms with Crippen LogP contribution in [0.3, 0.4) is 0 Å². The van der Waals surface area contributed by atoms with Crippen molar-refractivity contribution in [2.24, 2.45) is 0 Å². The van der Waals surface area contributed by atoms with Crippen LogP contribution in [0, 0.1) is 0 Å². The average molecular weight is 355 g/mol. The van der Waals surface area contributed by atoms with Gasteiger partial charge in [-0.2, -0.15) is 0 Å². The van der Waals surface area contributed by atoms with Gasteiger partial charge in [-0.3, -0.25) is 4.79 Å². The summed E-state index contributed by atoms with van der Waals surface area (Å²) in [7, 11) is -1.48. The van der Waals surface area contributed by atoms with E-state index >= 15 is 0 Å². The van der Waals surface area contributed by atoms with Crippen molar-refractivity contribution in [1.29, 1.82) is 0 Å². The minimum atomic E-state index is -1.48. The molecule has 0 fully saturated rings. The molecule has 148 valence electrons. The average Bonchev–Trinajstić information content (AvgIpc) is 2.58. The maximum Gasteiger partial charge on any atom is 0.475 e. The first-order chi connectivity index (χ1) is 12.1. The van der Waals surface area contributed by atoms with Crippen LogP contribution in [0.1, 0.15) is 117 Å². The number of nitrogens with one attached hydrogen (secondary N) is 1. The topological polar surface area (TPSA) is 69.6 Å². The van der Waals surface area contributed by atoms with Crippen LogP contribution in [0.5, 0.6) is 0 Å². The lowest BCUT2D eigenvalue weighted by Crippen LogP contribution is -2.44. The number of hydrogen-bond acceptors (Lipinski definition) is 3. The zero-order valence-corrected chi connectivity index (χ0v) is 16.8. The second kappa shape index (κ2) is 18.3. The second-order valence-corrected chi connectivity index (χ2v) is 7.47. The molecule has 0 aliphatic rings. The van der Waals surface area contributed by atoms with Crippen LogP contribution in [0.15, 0.2) is 0 Å². The first-order valence-corrected chi connectivity index (χ1v) is 10.7. The summed E-state index contributed by atoms with van der Waals surface area (Å²) >= 11 is 0. The summed E-state index contributed by atoms with van der Waals surface area (Å²) in [5, 5.41) is 20.4. The molecule has 0 aromatic heterocycles. The van der Waals surface area contributed by atoms with E-state index in [4.69, 9.17) is 10.0 Å². The molecule has 25 heavy (non-hydrogen) atoms.